The first kappa shape index (κ1) is 13.0. The zero-order valence-corrected chi connectivity index (χ0v) is 10.7. The second-order valence-corrected chi connectivity index (χ2v) is 4.97. The molecule has 0 saturated carbocycles. The van der Waals surface area contributed by atoms with Crippen molar-refractivity contribution in [1.29, 1.82) is 0 Å². The van der Waals surface area contributed by atoms with Crippen LogP contribution in [0.25, 0.3) is 0 Å². The van der Waals surface area contributed by atoms with Crippen LogP contribution in [0.15, 0.2) is 18.2 Å². The third-order valence-electron chi connectivity index (χ3n) is 3.42. The van der Waals surface area contributed by atoms with Gasteiger partial charge in [0.25, 0.3) is 0 Å². The summed E-state index contributed by atoms with van der Waals surface area (Å²) >= 11 is 0. The van der Waals surface area contributed by atoms with E-state index >= 15 is 0 Å². The molecule has 4 heteroatoms. The Hall–Kier alpha value is -1.42. The molecule has 1 fully saturated rings. The molecule has 1 unspecified atom stereocenters. The summed E-state index contributed by atoms with van der Waals surface area (Å²) in [5.41, 5.74) is 7.11. The molecule has 2 rings (SSSR count). The molecule has 0 aliphatic carbocycles. The summed E-state index contributed by atoms with van der Waals surface area (Å²) in [7, 11) is 0. The van der Waals surface area contributed by atoms with Gasteiger partial charge in [-0.05, 0) is 36.1 Å². The van der Waals surface area contributed by atoms with Crippen molar-refractivity contribution >= 4 is 5.91 Å². The maximum absolute atomic E-state index is 13.4. The Bertz CT molecular complexity index is 447. The number of hydrogen-bond donors (Lipinski definition) is 1. The Balaban J connectivity index is 2.13. The average Bonchev–Trinajstić information content (AvgIpc) is 2.34. The molecule has 0 radical (unpaired) electrons. The monoisotopic (exact) mass is 250 g/mol. The van der Waals surface area contributed by atoms with Crippen LogP contribution in [0.2, 0.25) is 0 Å². The van der Waals surface area contributed by atoms with Gasteiger partial charge >= 0.3 is 0 Å². The van der Waals surface area contributed by atoms with Gasteiger partial charge in [-0.2, -0.15) is 0 Å². The van der Waals surface area contributed by atoms with Crippen molar-refractivity contribution < 1.29 is 9.18 Å². The molecule has 1 atom stereocenters. The third kappa shape index (κ3) is 2.88. The first-order valence-electron chi connectivity index (χ1n) is 6.37. The number of amides is 1. The molecule has 3 nitrogen and oxygen atoms in total. The Morgan fingerprint density at radius 2 is 2.11 bits per heavy atom. The van der Waals surface area contributed by atoms with Gasteiger partial charge in [-0.1, -0.05) is 13.0 Å². The van der Waals surface area contributed by atoms with Crippen LogP contribution in [0.1, 0.15) is 30.9 Å². The summed E-state index contributed by atoms with van der Waals surface area (Å²) in [6, 6.07) is 4.78. The second kappa shape index (κ2) is 5.48. The first-order valence-corrected chi connectivity index (χ1v) is 6.37. The van der Waals surface area contributed by atoms with Crippen molar-refractivity contribution in [2.45, 2.75) is 32.9 Å². The number of halogens is 1. The third-order valence-corrected chi connectivity index (χ3v) is 3.42. The molecule has 0 bridgehead atoms. The lowest BCUT2D eigenvalue weighted by molar-refractivity contribution is -0.138. The molecular weight excluding hydrogens is 231 g/mol. The van der Waals surface area contributed by atoms with E-state index in [1.807, 2.05) is 17.9 Å². The van der Waals surface area contributed by atoms with E-state index < -0.39 is 0 Å². The molecule has 1 aromatic rings. The fraction of sp³-hybridized carbons (Fsp3) is 0.500. The summed E-state index contributed by atoms with van der Waals surface area (Å²) in [6.07, 6.45) is 1.97. The highest BCUT2D eigenvalue weighted by Crippen LogP contribution is 2.20. The number of likely N-dealkylation sites (tertiary alicyclic amines) is 1. The largest absolute Gasteiger partial charge is 0.338 e. The maximum Gasteiger partial charge on any atom is 0.225 e. The van der Waals surface area contributed by atoms with Crippen LogP contribution in [-0.4, -0.2) is 17.4 Å². The molecule has 1 aliphatic rings. The minimum atomic E-state index is -0.287. The standard InChI is InChI=1S/C14H19FN2O/c1-10-3-2-4-17(14(10)18)9-12-5-11(8-16)6-13(15)7-12/h5-7,10H,2-4,8-9,16H2,1H3. The minimum Gasteiger partial charge on any atom is -0.338 e. The molecule has 1 saturated heterocycles. The van der Waals surface area contributed by atoms with Crippen LogP contribution >= 0.6 is 0 Å². The Labute approximate surface area is 107 Å². The predicted octanol–water partition coefficient (Wildman–Crippen LogP) is 2.04. The van der Waals surface area contributed by atoms with Crippen molar-refractivity contribution in [3.05, 3.63) is 35.1 Å². The van der Waals surface area contributed by atoms with Gasteiger partial charge in [0.2, 0.25) is 5.91 Å². The number of piperidine rings is 1. The van der Waals surface area contributed by atoms with E-state index in [1.165, 1.54) is 12.1 Å². The van der Waals surface area contributed by atoms with Crippen molar-refractivity contribution in [1.82, 2.24) is 4.90 Å². The van der Waals surface area contributed by atoms with E-state index in [4.69, 9.17) is 5.73 Å². The van der Waals surface area contributed by atoms with Gasteiger partial charge in [0.05, 0.1) is 0 Å². The quantitative estimate of drug-likeness (QED) is 0.892. The van der Waals surface area contributed by atoms with Gasteiger partial charge in [-0.25, -0.2) is 4.39 Å². The summed E-state index contributed by atoms with van der Waals surface area (Å²) < 4.78 is 13.4. The van der Waals surface area contributed by atoms with Crippen molar-refractivity contribution in [3.8, 4) is 0 Å². The predicted molar refractivity (Wildman–Crippen MR) is 68.1 cm³/mol. The summed E-state index contributed by atoms with van der Waals surface area (Å²) in [6.45, 7) is 3.51. The van der Waals surface area contributed by atoms with E-state index in [1.54, 1.807) is 0 Å². The zero-order chi connectivity index (χ0) is 13.1. The molecule has 1 aliphatic heterocycles. The SMILES string of the molecule is CC1CCCN(Cc2cc(F)cc(CN)c2)C1=O. The highest BCUT2D eigenvalue weighted by molar-refractivity contribution is 5.79. The fourth-order valence-corrected chi connectivity index (χ4v) is 2.44. The summed E-state index contributed by atoms with van der Waals surface area (Å²) in [5.74, 6) is -0.0356. The zero-order valence-electron chi connectivity index (χ0n) is 10.7. The lowest BCUT2D eigenvalue weighted by atomic mass is 9.98. The first-order chi connectivity index (χ1) is 8.60. The number of rotatable bonds is 3. The average molecular weight is 250 g/mol. The smallest absolute Gasteiger partial charge is 0.225 e. The van der Waals surface area contributed by atoms with E-state index in [0.717, 1.165) is 30.5 Å². The Morgan fingerprint density at radius 1 is 1.39 bits per heavy atom. The number of hydrogen-bond acceptors (Lipinski definition) is 2. The van der Waals surface area contributed by atoms with E-state index in [0.29, 0.717) is 13.1 Å². The lowest BCUT2D eigenvalue weighted by Crippen LogP contribution is -2.39. The van der Waals surface area contributed by atoms with E-state index in [9.17, 15) is 9.18 Å². The van der Waals surface area contributed by atoms with E-state index in [2.05, 4.69) is 0 Å². The molecular formula is C14H19FN2O. The van der Waals surface area contributed by atoms with Gasteiger partial charge in [-0.15, -0.1) is 0 Å². The highest BCUT2D eigenvalue weighted by Gasteiger charge is 2.24. The molecule has 1 heterocycles. The van der Waals surface area contributed by atoms with Gasteiger partial charge in [0.15, 0.2) is 0 Å². The van der Waals surface area contributed by atoms with Gasteiger partial charge in [-0.3, -0.25) is 4.79 Å². The van der Waals surface area contributed by atoms with Crippen LogP contribution in [0.4, 0.5) is 4.39 Å². The number of nitrogens with zero attached hydrogens (tertiary/aromatic N) is 1. The fourth-order valence-electron chi connectivity index (χ4n) is 2.44. The molecule has 18 heavy (non-hydrogen) atoms. The Kier molecular flexibility index (Phi) is 3.97. The topological polar surface area (TPSA) is 46.3 Å². The lowest BCUT2D eigenvalue weighted by Gasteiger charge is -2.30. The molecule has 1 amide bonds. The maximum atomic E-state index is 13.4. The van der Waals surface area contributed by atoms with Gasteiger partial charge in [0, 0.05) is 25.6 Å². The van der Waals surface area contributed by atoms with Crippen molar-refractivity contribution in [3.63, 3.8) is 0 Å². The molecule has 1 aromatic carbocycles. The van der Waals surface area contributed by atoms with Crippen molar-refractivity contribution in [2.24, 2.45) is 11.7 Å². The van der Waals surface area contributed by atoms with Crippen LogP contribution in [0, 0.1) is 11.7 Å². The second-order valence-electron chi connectivity index (χ2n) is 4.97. The summed E-state index contributed by atoms with van der Waals surface area (Å²) in [5, 5.41) is 0. The molecule has 2 N–H and O–H groups in total. The number of carbonyl (C=O) groups excluding carboxylic acids is 1. The normalized spacial score (nSPS) is 20.3. The minimum absolute atomic E-state index is 0.0845. The van der Waals surface area contributed by atoms with Crippen LogP contribution in [0.3, 0.4) is 0 Å². The number of carbonyl (C=O) groups is 1. The molecule has 98 valence electrons. The molecule has 0 aromatic heterocycles. The van der Waals surface area contributed by atoms with Crippen molar-refractivity contribution in [2.75, 3.05) is 6.54 Å². The van der Waals surface area contributed by atoms with Crippen LogP contribution in [-0.2, 0) is 17.9 Å². The van der Waals surface area contributed by atoms with Crippen LogP contribution in [0.5, 0.6) is 0 Å². The van der Waals surface area contributed by atoms with Gasteiger partial charge in [0.1, 0.15) is 5.82 Å². The van der Waals surface area contributed by atoms with E-state index in [-0.39, 0.29) is 17.6 Å². The van der Waals surface area contributed by atoms with Crippen LogP contribution < -0.4 is 5.73 Å². The highest BCUT2D eigenvalue weighted by atomic mass is 19.1. The summed E-state index contributed by atoms with van der Waals surface area (Å²) in [4.78, 5) is 13.8. The Morgan fingerprint density at radius 3 is 2.83 bits per heavy atom. The molecule has 0 spiro atoms. The van der Waals surface area contributed by atoms with Gasteiger partial charge < -0.3 is 10.6 Å². The number of nitrogens with two attached hydrogens (primary N) is 1. The number of benzene rings is 1.